The highest BCUT2D eigenvalue weighted by Gasteiger charge is 1.99. The van der Waals surface area contributed by atoms with E-state index < -0.39 is 0 Å². The van der Waals surface area contributed by atoms with E-state index in [-0.39, 0.29) is 0 Å². The van der Waals surface area contributed by atoms with E-state index in [9.17, 15) is 0 Å². The van der Waals surface area contributed by atoms with Crippen molar-refractivity contribution in [3.63, 3.8) is 0 Å². The zero-order valence-electron chi connectivity index (χ0n) is 8.03. The van der Waals surface area contributed by atoms with E-state index in [0.29, 0.717) is 0 Å². The monoisotopic (exact) mass is 153 g/mol. The van der Waals surface area contributed by atoms with Gasteiger partial charge in [-0.3, -0.25) is 0 Å². The number of hydrogen-bond donors (Lipinski definition) is 0. The molecule has 0 heteroatoms. The Balaban J connectivity index is 3.16. The normalized spacial score (nSPS) is 13.0. The quantitative estimate of drug-likeness (QED) is 0.506. The van der Waals surface area contributed by atoms with Crippen molar-refractivity contribution in [2.45, 2.75) is 46.0 Å². The van der Waals surface area contributed by atoms with Gasteiger partial charge in [-0.25, -0.2) is 0 Å². The Hall–Kier alpha value is -0.260. The summed E-state index contributed by atoms with van der Waals surface area (Å²) in [6, 6.07) is 0. The Morgan fingerprint density at radius 3 is 2.45 bits per heavy atom. The Morgan fingerprint density at radius 2 is 2.00 bits per heavy atom. The van der Waals surface area contributed by atoms with Crippen molar-refractivity contribution in [2.75, 3.05) is 0 Å². The Kier molecular flexibility index (Phi) is 6.30. The summed E-state index contributed by atoms with van der Waals surface area (Å²) in [5.74, 6) is 0.854. The van der Waals surface area contributed by atoms with E-state index in [1.807, 2.05) is 0 Å². The van der Waals surface area contributed by atoms with Crippen molar-refractivity contribution in [3.8, 4) is 0 Å². The lowest BCUT2D eigenvalue weighted by Crippen LogP contribution is -1.93. The van der Waals surface area contributed by atoms with Gasteiger partial charge in [0.2, 0.25) is 0 Å². The second-order valence-corrected chi connectivity index (χ2v) is 3.60. The Bertz CT molecular complexity index is 103. The number of allylic oxidation sites excluding steroid dienone is 1. The van der Waals surface area contributed by atoms with Gasteiger partial charge >= 0.3 is 0 Å². The first kappa shape index (κ1) is 10.7. The fourth-order valence-electron chi connectivity index (χ4n) is 1.25. The molecule has 0 nitrogen and oxygen atoms in total. The van der Waals surface area contributed by atoms with Gasteiger partial charge in [-0.1, -0.05) is 38.7 Å². The van der Waals surface area contributed by atoms with Crippen LogP contribution in [0.3, 0.4) is 0 Å². The molecule has 1 radical (unpaired) electrons. The van der Waals surface area contributed by atoms with Crippen molar-refractivity contribution in [3.05, 3.63) is 19.1 Å². The molecule has 11 heavy (non-hydrogen) atoms. The van der Waals surface area contributed by atoms with Crippen LogP contribution in [0.5, 0.6) is 0 Å². The molecule has 0 fully saturated rings. The fraction of sp³-hybridized carbons (Fsp3) is 0.727. The van der Waals surface area contributed by atoms with Crippen molar-refractivity contribution < 1.29 is 0 Å². The van der Waals surface area contributed by atoms with Gasteiger partial charge in [-0.15, -0.1) is 6.58 Å². The zero-order valence-corrected chi connectivity index (χ0v) is 8.03. The van der Waals surface area contributed by atoms with Gasteiger partial charge in [0.15, 0.2) is 0 Å². The topological polar surface area (TPSA) is 0 Å². The highest BCUT2D eigenvalue weighted by Crippen LogP contribution is 2.15. The van der Waals surface area contributed by atoms with Crippen LogP contribution < -0.4 is 0 Å². The van der Waals surface area contributed by atoms with Crippen LogP contribution in [0.4, 0.5) is 0 Å². The van der Waals surface area contributed by atoms with E-state index >= 15 is 0 Å². The third-order valence-electron chi connectivity index (χ3n) is 2.00. The standard InChI is InChI=1S/C11H21/c1-5-7-11(4)9-6-8-10(2)3/h11H,1-2,5-9H2,3-4H3. The van der Waals surface area contributed by atoms with Crippen LogP contribution in [-0.2, 0) is 0 Å². The van der Waals surface area contributed by atoms with Crippen LogP contribution >= 0.6 is 0 Å². The number of rotatable bonds is 6. The maximum Gasteiger partial charge on any atom is -0.0326 e. The highest BCUT2D eigenvalue weighted by molar-refractivity contribution is 4.87. The average Bonchev–Trinajstić information content (AvgIpc) is 1.87. The predicted octanol–water partition coefficient (Wildman–Crippen LogP) is 3.98. The van der Waals surface area contributed by atoms with E-state index in [1.54, 1.807) is 0 Å². The van der Waals surface area contributed by atoms with Gasteiger partial charge < -0.3 is 0 Å². The summed E-state index contributed by atoms with van der Waals surface area (Å²) in [5, 5.41) is 0. The molecule has 0 amide bonds. The second-order valence-electron chi connectivity index (χ2n) is 3.60. The largest absolute Gasteiger partial charge is 0.100 e. The van der Waals surface area contributed by atoms with E-state index in [2.05, 4.69) is 27.4 Å². The molecule has 65 valence electrons. The van der Waals surface area contributed by atoms with Gasteiger partial charge in [-0.2, -0.15) is 0 Å². The molecule has 1 unspecified atom stereocenters. The molecule has 0 aromatic carbocycles. The molecule has 0 N–H and O–H groups in total. The van der Waals surface area contributed by atoms with Crippen LogP contribution in [-0.4, -0.2) is 0 Å². The van der Waals surface area contributed by atoms with Crippen molar-refractivity contribution in [1.82, 2.24) is 0 Å². The van der Waals surface area contributed by atoms with Crippen molar-refractivity contribution in [2.24, 2.45) is 5.92 Å². The van der Waals surface area contributed by atoms with Gasteiger partial charge in [0.1, 0.15) is 0 Å². The molecule has 0 saturated carbocycles. The minimum absolute atomic E-state index is 0.854. The molecule has 0 saturated heterocycles. The summed E-state index contributed by atoms with van der Waals surface area (Å²) >= 11 is 0. The first-order valence-corrected chi connectivity index (χ1v) is 4.60. The SMILES string of the molecule is [CH2]CCC(C)CCCC(=C)C. The predicted molar refractivity (Wildman–Crippen MR) is 52.4 cm³/mol. The molecule has 0 spiro atoms. The van der Waals surface area contributed by atoms with Gasteiger partial charge in [0.05, 0.1) is 0 Å². The molecule has 0 aromatic heterocycles. The lowest BCUT2D eigenvalue weighted by Gasteiger charge is -2.08. The van der Waals surface area contributed by atoms with Crippen LogP contribution in [0, 0.1) is 12.8 Å². The average molecular weight is 153 g/mol. The first-order valence-electron chi connectivity index (χ1n) is 4.60. The van der Waals surface area contributed by atoms with Crippen LogP contribution in [0.1, 0.15) is 46.0 Å². The van der Waals surface area contributed by atoms with Crippen LogP contribution in [0.15, 0.2) is 12.2 Å². The third-order valence-corrected chi connectivity index (χ3v) is 2.00. The summed E-state index contributed by atoms with van der Waals surface area (Å²) in [6.45, 7) is 12.1. The summed E-state index contributed by atoms with van der Waals surface area (Å²) in [6.07, 6.45) is 6.19. The molecular weight excluding hydrogens is 132 g/mol. The molecule has 0 aromatic rings. The van der Waals surface area contributed by atoms with Crippen molar-refractivity contribution >= 4 is 0 Å². The summed E-state index contributed by atoms with van der Waals surface area (Å²) in [4.78, 5) is 0. The smallest absolute Gasteiger partial charge is 0.0326 e. The minimum atomic E-state index is 0.854. The van der Waals surface area contributed by atoms with E-state index in [0.717, 1.165) is 12.3 Å². The van der Waals surface area contributed by atoms with Crippen molar-refractivity contribution in [1.29, 1.82) is 0 Å². The Labute approximate surface area is 71.7 Å². The molecule has 1 atom stereocenters. The first-order chi connectivity index (χ1) is 5.16. The number of hydrogen-bond acceptors (Lipinski definition) is 0. The minimum Gasteiger partial charge on any atom is -0.100 e. The summed E-state index contributed by atoms with van der Waals surface area (Å²) in [7, 11) is 0. The maximum absolute atomic E-state index is 3.89. The summed E-state index contributed by atoms with van der Waals surface area (Å²) < 4.78 is 0. The zero-order chi connectivity index (χ0) is 8.69. The molecule has 0 heterocycles. The molecule has 0 bridgehead atoms. The van der Waals surface area contributed by atoms with E-state index in [1.165, 1.54) is 31.3 Å². The highest BCUT2D eigenvalue weighted by atomic mass is 14.0. The van der Waals surface area contributed by atoms with Crippen LogP contribution in [0.2, 0.25) is 0 Å². The van der Waals surface area contributed by atoms with Gasteiger partial charge in [-0.05, 0) is 25.7 Å². The molecule has 0 rings (SSSR count). The van der Waals surface area contributed by atoms with Crippen LogP contribution in [0.25, 0.3) is 0 Å². The molecule has 0 aliphatic heterocycles. The fourth-order valence-corrected chi connectivity index (χ4v) is 1.25. The van der Waals surface area contributed by atoms with E-state index in [4.69, 9.17) is 0 Å². The Morgan fingerprint density at radius 1 is 1.36 bits per heavy atom. The van der Waals surface area contributed by atoms with Gasteiger partial charge in [0.25, 0.3) is 0 Å². The molecular formula is C11H21. The molecule has 0 aliphatic rings. The van der Waals surface area contributed by atoms with Gasteiger partial charge in [0, 0.05) is 0 Å². The second kappa shape index (κ2) is 6.45. The maximum atomic E-state index is 3.89. The third kappa shape index (κ3) is 7.64. The summed E-state index contributed by atoms with van der Waals surface area (Å²) in [5.41, 5.74) is 1.31. The lowest BCUT2D eigenvalue weighted by atomic mass is 9.98. The lowest BCUT2D eigenvalue weighted by molar-refractivity contribution is 0.478. The molecule has 0 aliphatic carbocycles.